The molecular weight excluding hydrogens is 226 g/mol. The highest BCUT2D eigenvalue weighted by Crippen LogP contribution is 2.32. The van der Waals surface area contributed by atoms with Crippen LogP contribution in [0.5, 0.6) is 0 Å². The third-order valence-electron chi connectivity index (χ3n) is 3.06. The third-order valence-corrected chi connectivity index (χ3v) is 3.06. The lowest BCUT2D eigenvalue weighted by Gasteiger charge is -2.09. The number of hydrogen-bond acceptors (Lipinski definition) is 3. The molecule has 0 aromatic heterocycles. The number of methoxy groups -OCH3 is 2. The summed E-state index contributed by atoms with van der Waals surface area (Å²) in [6, 6.07) is 0. The monoisotopic (exact) mass is 245 g/mol. The van der Waals surface area contributed by atoms with E-state index in [0.717, 1.165) is 22.8 Å². The Hall–Kier alpha value is -1.77. The fraction of sp³-hybridized carbons (Fsp3) is 0.400. The zero-order valence-electron chi connectivity index (χ0n) is 11.0. The summed E-state index contributed by atoms with van der Waals surface area (Å²) < 4.78 is 10.6. The highest BCUT2D eigenvalue weighted by atomic mass is 16.5. The number of nitrogens with zero attached hydrogens (tertiary/aromatic N) is 1. The molecule has 0 spiro atoms. The Morgan fingerprint density at radius 1 is 1.22 bits per heavy atom. The Labute approximate surface area is 108 Å². The maximum Gasteiger partial charge on any atom is 0.127 e. The van der Waals surface area contributed by atoms with Gasteiger partial charge in [-0.15, -0.1) is 0 Å². The van der Waals surface area contributed by atoms with Crippen LogP contribution in [0.1, 0.15) is 12.8 Å². The van der Waals surface area contributed by atoms with Crippen LogP contribution in [-0.4, -0.2) is 26.5 Å². The normalized spacial score (nSPS) is 31.2. The van der Waals surface area contributed by atoms with Crippen LogP contribution in [0.2, 0.25) is 0 Å². The Balaban J connectivity index is 2.31. The first-order valence-corrected chi connectivity index (χ1v) is 6.16. The Morgan fingerprint density at radius 2 is 2.00 bits per heavy atom. The van der Waals surface area contributed by atoms with Gasteiger partial charge < -0.3 is 9.47 Å². The molecule has 0 saturated heterocycles. The first kappa shape index (κ1) is 12.7. The summed E-state index contributed by atoms with van der Waals surface area (Å²) >= 11 is 0. The quantitative estimate of drug-likeness (QED) is 0.765. The fourth-order valence-corrected chi connectivity index (χ4v) is 1.81. The van der Waals surface area contributed by atoms with Crippen molar-refractivity contribution in [3.63, 3.8) is 0 Å². The second-order valence-electron chi connectivity index (χ2n) is 4.42. The summed E-state index contributed by atoms with van der Waals surface area (Å²) in [5, 5.41) is 0. The molecule has 1 saturated carbocycles. The minimum Gasteiger partial charge on any atom is -0.497 e. The van der Waals surface area contributed by atoms with Gasteiger partial charge in [0.1, 0.15) is 11.5 Å². The van der Waals surface area contributed by atoms with Crippen molar-refractivity contribution in [1.29, 1.82) is 0 Å². The maximum atomic E-state index is 5.38. The van der Waals surface area contributed by atoms with Crippen LogP contribution in [-0.2, 0) is 9.47 Å². The molecule has 0 N–H and O–H groups in total. The predicted molar refractivity (Wildman–Crippen MR) is 73.5 cm³/mol. The van der Waals surface area contributed by atoms with Gasteiger partial charge >= 0.3 is 0 Å². The first-order valence-electron chi connectivity index (χ1n) is 6.16. The molecule has 0 amide bonds. The van der Waals surface area contributed by atoms with Gasteiger partial charge in [0.2, 0.25) is 0 Å². The molecule has 0 atom stereocenters. The van der Waals surface area contributed by atoms with E-state index in [1.165, 1.54) is 12.8 Å². The molecule has 0 aromatic rings. The van der Waals surface area contributed by atoms with E-state index in [9.17, 15) is 0 Å². The molecule has 0 unspecified atom stereocenters. The van der Waals surface area contributed by atoms with E-state index in [-0.39, 0.29) is 0 Å². The molecule has 0 radical (unpaired) electrons. The van der Waals surface area contributed by atoms with E-state index in [1.54, 1.807) is 14.2 Å². The number of hydrogen-bond donors (Lipinski definition) is 0. The van der Waals surface area contributed by atoms with Gasteiger partial charge in [0, 0.05) is 23.3 Å². The number of ether oxygens (including phenoxy) is 2. The molecule has 2 aliphatic rings. The van der Waals surface area contributed by atoms with Crippen LogP contribution >= 0.6 is 0 Å². The average Bonchev–Trinajstić information content (AvgIpc) is 3.21. The summed E-state index contributed by atoms with van der Waals surface area (Å²) in [6.45, 7) is 4.64. The minimum atomic E-state index is 0.589. The topological polar surface area (TPSA) is 30.8 Å². The molecule has 18 heavy (non-hydrogen) atoms. The number of aliphatic imine (C=N–C) groups is 1. The molecule has 1 heterocycles. The lowest BCUT2D eigenvalue weighted by Crippen LogP contribution is -2.03. The lowest BCUT2D eigenvalue weighted by molar-refractivity contribution is 0.301. The molecular formula is C15H19NO2. The van der Waals surface area contributed by atoms with Gasteiger partial charge in [0.05, 0.1) is 20.8 Å². The summed E-state index contributed by atoms with van der Waals surface area (Å²) in [5.41, 5.74) is 1.94. The molecule has 96 valence electrons. The Kier molecular flexibility index (Phi) is 4.03. The van der Waals surface area contributed by atoms with E-state index in [2.05, 4.69) is 11.6 Å². The smallest absolute Gasteiger partial charge is 0.127 e. The summed E-state index contributed by atoms with van der Waals surface area (Å²) in [6.07, 6.45) is 10.2. The van der Waals surface area contributed by atoms with Crippen molar-refractivity contribution >= 4 is 5.71 Å². The number of allylic oxidation sites excluding steroid dienone is 3. The second-order valence-corrected chi connectivity index (χ2v) is 4.42. The van der Waals surface area contributed by atoms with E-state index in [1.807, 2.05) is 24.3 Å². The second kappa shape index (κ2) is 5.71. The van der Waals surface area contributed by atoms with E-state index < -0.39 is 0 Å². The zero-order chi connectivity index (χ0) is 13.0. The Bertz CT molecular complexity index is 451. The molecule has 1 aliphatic heterocycles. The van der Waals surface area contributed by atoms with Crippen molar-refractivity contribution in [3.8, 4) is 0 Å². The largest absolute Gasteiger partial charge is 0.497 e. The molecule has 0 bridgehead atoms. The van der Waals surface area contributed by atoms with Crippen LogP contribution in [0.4, 0.5) is 0 Å². The van der Waals surface area contributed by atoms with Crippen LogP contribution in [0.15, 0.2) is 53.0 Å². The van der Waals surface area contributed by atoms with E-state index in [0.29, 0.717) is 12.5 Å². The standard InChI is InChI=1S/C15H19NO2/c1-11-4-7-13(17-2)8-9-16-14(12-5-6-12)10-15(11)18-3/h4,7-8,10,12H,1,5-6,9H2,2-3H3/b7-4-,13-8+,15-10+,16-14+. The van der Waals surface area contributed by atoms with Gasteiger partial charge in [-0.3, -0.25) is 4.99 Å². The molecule has 1 fully saturated rings. The van der Waals surface area contributed by atoms with Crippen molar-refractivity contribution in [2.45, 2.75) is 12.8 Å². The van der Waals surface area contributed by atoms with Gasteiger partial charge in [-0.05, 0) is 31.1 Å². The summed E-state index contributed by atoms with van der Waals surface area (Å²) in [4.78, 5) is 4.61. The van der Waals surface area contributed by atoms with Gasteiger partial charge in [0.15, 0.2) is 0 Å². The van der Waals surface area contributed by atoms with Crippen molar-refractivity contribution < 1.29 is 9.47 Å². The van der Waals surface area contributed by atoms with Gasteiger partial charge in [-0.1, -0.05) is 6.58 Å². The zero-order valence-corrected chi connectivity index (χ0v) is 11.0. The predicted octanol–water partition coefficient (Wildman–Crippen LogP) is 3.02. The van der Waals surface area contributed by atoms with Crippen LogP contribution in [0.25, 0.3) is 0 Å². The number of rotatable bonds is 3. The molecule has 2 rings (SSSR count). The molecule has 1 aliphatic carbocycles. The minimum absolute atomic E-state index is 0.589. The van der Waals surface area contributed by atoms with Crippen molar-refractivity contribution in [2.75, 3.05) is 20.8 Å². The van der Waals surface area contributed by atoms with Crippen molar-refractivity contribution in [3.05, 3.63) is 48.0 Å². The fourth-order valence-electron chi connectivity index (χ4n) is 1.81. The lowest BCUT2D eigenvalue weighted by atomic mass is 10.1. The van der Waals surface area contributed by atoms with Crippen molar-refractivity contribution in [1.82, 2.24) is 0 Å². The SMILES string of the molecule is C=C1/C=C\C(OC)=C/C/N=C(C2CC2)\C=C/1OC. The van der Waals surface area contributed by atoms with Gasteiger partial charge in [-0.25, -0.2) is 0 Å². The van der Waals surface area contributed by atoms with E-state index >= 15 is 0 Å². The van der Waals surface area contributed by atoms with Crippen LogP contribution < -0.4 is 0 Å². The Morgan fingerprint density at radius 3 is 2.61 bits per heavy atom. The summed E-state index contributed by atoms with van der Waals surface area (Å²) in [5.74, 6) is 2.16. The highest BCUT2D eigenvalue weighted by Gasteiger charge is 2.26. The highest BCUT2D eigenvalue weighted by molar-refractivity contribution is 5.99. The molecule has 3 nitrogen and oxygen atoms in total. The third kappa shape index (κ3) is 3.13. The molecule has 0 aromatic carbocycles. The van der Waals surface area contributed by atoms with Gasteiger partial charge in [0.25, 0.3) is 0 Å². The maximum absolute atomic E-state index is 5.38. The van der Waals surface area contributed by atoms with Crippen LogP contribution in [0, 0.1) is 5.92 Å². The molecule has 3 heteroatoms. The first-order chi connectivity index (χ1) is 8.74. The van der Waals surface area contributed by atoms with Crippen molar-refractivity contribution in [2.24, 2.45) is 10.9 Å². The van der Waals surface area contributed by atoms with Crippen LogP contribution in [0.3, 0.4) is 0 Å². The summed E-state index contributed by atoms with van der Waals surface area (Å²) in [7, 11) is 3.32. The van der Waals surface area contributed by atoms with E-state index in [4.69, 9.17) is 9.47 Å². The van der Waals surface area contributed by atoms with Gasteiger partial charge in [-0.2, -0.15) is 0 Å². The average molecular weight is 245 g/mol.